The molecule has 0 aromatic heterocycles. The van der Waals surface area contributed by atoms with Gasteiger partial charge in [-0.3, -0.25) is 14.5 Å². The monoisotopic (exact) mass is 509 g/mol. The van der Waals surface area contributed by atoms with E-state index < -0.39 is 0 Å². The molecule has 3 aromatic rings. The minimum absolute atomic E-state index is 0.208. The molecule has 0 aliphatic carbocycles. The molecule has 7 heteroatoms. The van der Waals surface area contributed by atoms with Crippen molar-refractivity contribution >= 4 is 44.9 Å². The predicted molar refractivity (Wildman–Crippen MR) is 130 cm³/mol. The van der Waals surface area contributed by atoms with E-state index in [0.29, 0.717) is 17.3 Å². The summed E-state index contributed by atoms with van der Waals surface area (Å²) in [5.74, 6) is 1.14. The van der Waals surface area contributed by atoms with Crippen molar-refractivity contribution in [1.82, 2.24) is 4.90 Å². The van der Waals surface area contributed by atoms with Gasteiger partial charge in [0.1, 0.15) is 24.7 Å². The van der Waals surface area contributed by atoms with Crippen LogP contribution in [0.1, 0.15) is 11.1 Å². The van der Waals surface area contributed by atoms with Crippen molar-refractivity contribution in [2.24, 2.45) is 0 Å². The van der Waals surface area contributed by atoms with Crippen LogP contribution in [0.4, 0.5) is 4.79 Å². The Hall–Kier alpha value is -3.03. The van der Waals surface area contributed by atoms with E-state index >= 15 is 0 Å². The van der Waals surface area contributed by atoms with Crippen molar-refractivity contribution in [3.8, 4) is 11.5 Å². The average Bonchev–Trinajstić information content (AvgIpc) is 3.08. The first-order chi connectivity index (χ1) is 15.6. The summed E-state index contributed by atoms with van der Waals surface area (Å²) in [6.07, 6.45) is 1.72. The number of thioether (sulfide) groups is 1. The van der Waals surface area contributed by atoms with Gasteiger partial charge in [0.2, 0.25) is 0 Å². The second-order valence-corrected chi connectivity index (χ2v) is 8.89. The molecule has 32 heavy (non-hydrogen) atoms. The van der Waals surface area contributed by atoms with Crippen LogP contribution in [0, 0.1) is 0 Å². The number of imide groups is 1. The number of carbonyl (C=O) groups excluding carboxylic acids is 2. The molecule has 0 N–H and O–H groups in total. The number of para-hydroxylation sites is 1. The Labute approximate surface area is 199 Å². The van der Waals surface area contributed by atoms with E-state index in [1.807, 2.05) is 78.9 Å². The highest BCUT2D eigenvalue weighted by atomic mass is 79.9. The highest BCUT2D eigenvalue weighted by molar-refractivity contribution is 9.10. The first-order valence-corrected chi connectivity index (χ1v) is 11.6. The molecule has 1 saturated heterocycles. The Morgan fingerprint density at radius 3 is 2.25 bits per heavy atom. The van der Waals surface area contributed by atoms with Crippen molar-refractivity contribution in [3.63, 3.8) is 0 Å². The van der Waals surface area contributed by atoms with Crippen LogP contribution in [0.15, 0.2) is 88.2 Å². The number of amides is 2. The normalized spacial score (nSPS) is 14.8. The van der Waals surface area contributed by atoms with E-state index in [4.69, 9.17) is 9.47 Å². The van der Waals surface area contributed by atoms with Crippen LogP contribution in [-0.4, -0.2) is 29.2 Å². The number of hydrogen-bond acceptors (Lipinski definition) is 5. The van der Waals surface area contributed by atoms with Gasteiger partial charge in [-0.2, -0.15) is 0 Å². The minimum atomic E-state index is -0.299. The lowest BCUT2D eigenvalue weighted by Crippen LogP contribution is -2.32. The summed E-state index contributed by atoms with van der Waals surface area (Å²) >= 11 is 4.36. The van der Waals surface area contributed by atoms with Gasteiger partial charge in [-0.25, -0.2) is 0 Å². The van der Waals surface area contributed by atoms with Crippen LogP contribution in [0.3, 0.4) is 0 Å². The van der Waals surface area contributed by atoms with E-state index in [1.54, 1.807) is 6.08 Å². The molecular weight excluding hydrogens is 490 g/mol. The van der Waals surface area contributed by atoms with Crippen molar-refractivity contribution in [2.75, 3.05) is 13.2 Å². The highest BCUT2D eigenvalue weighted by Crippen LogP contribution is 2.32. The maximum absolute atomic E-state index is 12.6. The lowest BCUT2D eigenvalue weighted by Gasteiger charge is -2.13. The Morgan fingerprint density at radius 1 is 0.844 bits per heavy atom. The molecule has 0 saturated carbocycles. The van der Waals surface area contributed by atoms with Crippen LogP contribution < -0.4 is 9.47 Å². The third kappa shape index (κ3) is 5.81. The van der Waals surface area contributed by atoms with E-state index in [2.05, 4.69) is 15.9 Å². The lowest BCUT2D eigenvalue weighted by atomic mass is 10.2. The molecule has 1 aliphatic rings. The van der Waals surface area contributed by atoms with Gasteiger partial charge in [0, 0.05) is 4.47 Å². The average molecular weight is 510 g/mol. The summed E-state index contributed by atoms with van der Waals surface area (Å²) in [7, 11) is 0. The molecule has 162 valence electrons. The van der Waals surface area contributed by atoms with Crippen LogP contribution in [0.25, 0.3) is 6.08 Å². The Morgan fingerprint density at radius 2 is 1.53 bits per heavy atom. The number of hydrogen-bond donors (Lipinski definition) is 0. The lowest BCUT2D eigenvalue weighted by molar-refractivity contribution is -0.123. The predicted octanol–water partition coefficient (Wildman–Crippen LogP) is 6.14. The maximum atomic E-state index is 12.6. The molecule has 0 bridgehead atoms. The zero-order valence-corrected chi connectivity index (χ0v) is 19.5. The summed E-state index contributed by atoms with van der Waals surface area (Å²) in [6, 6.07) is 24.7. The largest absolute Gasteiger partial charge is 0.492 e. The van der Waals surface area contributed by atoms with Crippen LogP contribution in [-0.2, 0) is 11.4 Å². The van der Waals surface area contributed by atoms with E-state index in [-0.39, 0.29) is 24.3 Å². The topological polar surface area (TPSA) is 55.8 Å². The van der Waals surface area contributed by atoms with Crippen molar-refractivity contribution in [1.29, 1.82) is 0 Å². The van der Waals surface area contributed by atoms with Gasteiger partial charge in [0.25, 0.3) is 11.1 Å². The molecule has 4 rings (SSSR count). The number of benzene rings is 3. The van der Waals surface area contributed by atoms with Crippen molar-refractivity contribution in [3.05, 3.63) is 99.4 Å². The van der Waals surface area contributed by atoms with E-state index in [9.17, 15) is 9.59 Å². The smallest absolute Gasteiger partial charge is 0.293 e. The summed E-state index contributed by atoms with van der Waals surface area (Å²) in [6.45, 7) is 0.927. The van der Waals surface area contributed by atoms with Gasteiger partial charge in [-0.05, 0) is 65.4 Å². The van der Waals surface area contributed by atoms with Gasteiger partial charge < -0.3 is 9.47 Å². The number of ether oxygens (including phenoxy) is 2. The zero-order chi connectivity index (χ0) is 22.3. The number of carbonyl (C=O) groups is 2. The second kappa shape index (κ2) is 10.5. The fourth-order valence-electron chi connectivity index (χ4n) is 3.02. The van der Waals surface area contributed by atoms with Gasteiger partial charge in [0.05, 0.1) is 11.4 Å². The first-order valence-electron chi connectivity index (χ1n) is 9.99. The van der Waals surface area contributed by atoms with Crippen LogP contribution >= 0.6 is 27.7 Å². The zero-order valence-electron chi connectivity index (χ0n) is 17.1. The molecule has 1 heterocycles. The SMILES string of the molecule is O=C1S/C(=C\c2ccc(OCc3ccc(Br)cc3)cc2)C(=O)N1CCOc1ccccc1. The number of halogens is 1. The molecule has 0 spiro atoms. The molecule has 0 atom stereocenters. The fourth-order valence-corrected chi connectivity index (χ4v) is 4.15. The van der Waals surface area contributed by atoms with Gasteiger partial charge >= 0.3 is 0 Å². The summed E-state index contributed by atoms with van der Waals surface area (Å²) in [5, 5.41) is -0.285. The van der Waals surface area contributed by atoms with Gasteiger partial charge in [0.15, 0.2) is 0 Å². The molecule has 5 nitrogen and oxygen atoms in total. The maximum Gasteiger partial charge on any atom is 0.293 e. The van der Waals surface area contributed by atoms with E-state index in [1.165, 1.54) is 4.90 Å². The molecular formula is C25H20BrNO4S. The fraction of sp³-hybridized carbons (Fsp3) is 0.120. The molecule has 3 aromatic carbocycles. The molecule has 0 unspecified atom stereocenters. The second-order valence-electron chi connectivity index (χ2n) is 6.98. The van der Waals surface area contributed by atoms with E-state index in [0.717, 1.165) is 33.1 Å². The van der Waals surface area contributed by atoms with Crippen molar-refractivity contribution < 1.29 is 19.1 Å². The highest BCUT2D eigenvalue weighted by Gasteiger charge is 2.34. The quantitative estimate of drug-likeness (QED) is 0.341. The molecule has 2 amide bonds. The Kier molecular flexibility index (Phi) is 7.29. The third-order valence-corrected chi connectivity index (χ3v) is 6.13. The summed E-state index contributed by atoms with van der Waals surface area (Å²) in [5.41, 5.74) is 1.90. The first kappa shape index (κ1) is 22.2. The Balaban J connectivity index is 1.32. The molecule has 1 aliphatic heterocycles. The van der Waals surface area contributed by atoms with Gasteiger partial charge in [-0.1, -0.05) is 58.4 Å². The standard InChI is InChI=1S/C25H20BrNO4S/c26-20-10-6-19(7-11-20)17-31-22-12-8-18(9-13-22)16-23-24(28)27(25(29)32-23)14-15-30-21-4-2-1-3-5-21/h1-13,16H,14-15,17H2/b23-16-. The van der Waals surface area contributed by atoms with Crippen LogP contribution in [0.2, 0.25) is 0 Å². The van der Waals surface area contributed by atoms with Crippen molar-refractivity contribution in [2.45, 2.75) is 6.61 Å². The summed E-state index contributed by atoms with van der Waals surface area (Å²) < 4.78 is 12.4. The minimum Gasteiger partial charge on any atom is -0.492 e. The van der Waals surface area contributed by atoms with Gasteiger partial charge in [-0.15, -0.1) is 0 Å². The molecule has 0 radical (unpaired) electrons. The molecule has 1 fully saturated rings. The summed E-state index contributed by atoms with van der Waals surface area (Å²) in [4.78, 5) is 26.5. The van der Waals surface area contributed by atoms with Crippen LogP contribution in [0.5, 0.6) is 11.5 Å². The number of rotatable bonds is 8. The number of nitrogens with zero attached hydrogens (tertiary/aromatic N) is 1. The third-order valence-electron chi connectivity index (χ3n) is 4.70. The Bertz CT molecular complexity index is 1110.